The van der Waals surface area contributed by atoms with Crippen LogP contribution < -0.4 is 11.1 Å². The zero-order chi connectivity index (χ0) is 13.3. The normalized spacial score (nSPS) is 12.4. The number of hydrogen-bond acceptors (Lipinski definition) is 2. The molecule has 0 aromatic heterocycles. The average molecular weight is 255 g/mol. The van der Waals surface area contributed by atoms with Crippen molar-refractivity contribution in [3.8, 4) is 0 Å². The fourth-order valence-corrected chi connectivity index (χ4v) is 1.34. The molecule has 4 heteroatoms. The van der Waals surface area contributed by atoms with Gasteiger partial charge in [0.05, 0.1) is 5.41 Å². The number of hydrogen-bond donors (Lipinski definition) is 2. The van der Waals surface area contributed by atoms with Gasteiger partial charge in [-0.2, -0.15) is 0 Å². The fraction of sp³-hybridized carbons (Fsp3) is 0.462. The van der Waals surface area contributed by atoms with Gasteiger partial charge >= 0.3 is 0 Å². The van der Waals surface area contributed by atoms with E-state index in [1.807, 2.05) is 27.7 Å². The summed E-state index contributed by atoms with van der Waals surface area (Å²) in [5.41, 5.74) is 5.42. The maximum atomic E-state index is 12.2. The van der Waals surface area contributed by atoms with Crippen molar-refractivity contribution < 1.29 is 4.79 Å². The van der Waals surface area contributed by atoms with Gasteiger partial charge in [-0.15, -0.1) is 0 Å². The Morgan fingerprint density at radius 3 is 2.35 bits per heavy atom. The average Bonchev–Trinajstić information content (AvgIpc) is 2.15. The summed E-state index contributed by atoms with van der Waals surface area (Å²) in [5.74, 6) is -0.118. The van der Waals surface area contributed by atoms with Gasteiger partial charge in [-0.25, -0.2) is 0 Å². The van der Waals surface area contributed by atoms with Gasteiger partial charge in [0, 0.05) is 16.2 Å². The van der Waals surface area contributed by atoms with Crippen LogP contribution in [0.2, 0.25) is 5.02 Å². The van der Waals surface area contributed by atoms with Crippen molar-refractivity contribution in [2.24, 2.45) is 11.1 Å². The van der Waals surface area contributed by atoms with Crippen LogP contribution in [-0.2, 0) is 4.79 Å². The predicted molar refractivity (Wildman–Crippen MR) is 72.1 cm³/mol. The van der Waals surface area contributed by atoms with E-state index in [4.69, 9.17) is 17.3 Å². The molecule has 0 unspecified atom stereocenters. The lowest BCUT2D eigenvalue weighted by atomic mass is 9.74. The van der Waals surface area contributed by atoms with Gasteiger partial charge in [-0.05, 0) is 45.9 Å². The molecule has 0 bridgehead atoms. The number of carbonyl (C=O) groups is 1. The van der Waals surface area contributed by atoms with Crippen LogP contribution in [-0.4, -0.2) is 11.4 Å². The van der Waals surface area contributed by atoms with Crippen molar-refractivity contribution in [2.45, 2.75) is 33.2 Å². The third-order valence-corrected chi connectivity index (χ3v) is 3.50. The van der Waals surface area contributed by atoms with E-state index in [1.54, 1.807) is 24.3 Å². The first-order valence-corrected chi connectivity index (χ1v) is 5.88. The van der Waals surface area contributed by atoms with Gasteiger partial charge in [-0.1, -0.05) is 17.7 Å². The monoisotopic (exact) mass is 254 g/mol. The van der Waals surface area contributed by atoms with Crippen molar-refractivity contribution in [2.75, 3.05) is 5.32 Å². The van der Waals surface area contributed by atoms with Crippen LogP contribution in [0.15, 0.2) is 24.3 Å². The van der Waals surface area contributed by atoms with E-state index in [1.165, 1.54) is 0 Å². The summed E-state index contributed by atoms with van der Waals surface area (Å²) in [5, 5.41) is 3.42. The Bertz CT molecular complexity index is 422. The van der Waals surface area contributed by atoms with E-state index < -0.39 is 11.0 Å². The summed E-state index contributed by atoms with van der Waals surface area (Å²) in [6.45, 7) is 7.33. The van der Waals surface area contributed by atoms with Gasteiger partial charge in [0.1, 0.15) is 0 Å². The molecule has 1 aromatic rings. The van der Waals surface area contributed by atoms with Crippen LogP contribution in [0.3, 0.4) is 0 Å². The Hall–Kier alpha value is -1.06. The number of benzene rings is 1. The summed E-state index contributed by atoms with van der Waals surface area (Å²) in [6.07, 6.45) is 0. The number of nitrogens with one attached hydrogen (secondary N) is 1. The van der Waals surface area contributed by atoms with Crippen LogP contribution in [0, 0.1) is 5.41 Å². The third kappa shape index (κ3) is 3.20. The molecule has 0 saturated heterocycles. The zero-order valence-corrected chi connectivity index (χ0v) is 11.4. The predicted octanol–water partition coefficient (Wildman–Crippen LogP) is 3.04. The Balaban J connectivity index is 2.87. The maximum Gasteiger partial charge on any atom is 0.231 e. The lowest BCUT2D eigenvalue weighted by Crippen LogP contribution is -2.53. The summed E-state index contributed by atoms with van der Waals surface area (Å²) in [6, 6.07) is 7.05. The molecule has 17 heavy (non-hydrogen) atoms. The summed E-state index contributed by atoms with van der Waals surface area (Å²) in [4.78, 5) is 12.2. The van der Waals surface area contributed by atoms with Crippen molar-refractivity contribution in [1.29, 1.82) is 0 Å². The van der Waals surface area contributed by atoms with Crippen LogP contribution in [0.1, 0.15) is 27.7 Å². The zero-order valence-electron chi connectivity index (χ0n) is 10.7. The van der Waals surface area contributed by atoms with E-state index in [9.17, 15) is 4.79 Å². The molecule has 0 saturated carbocycles. The highest BCUT2D eigenvalue weighted by Gasteiger charge is 2.40. The molecule has 0 aliphatic carbocycles. The second-order valence-electron chi connectivity index (χ2n) is 5.31. The molecule has 0 fully saturated rings. The molecule has 94 valence electrons. The number of rotatable bonds is 3. The SMILES string of the molecule is CC(C)(N)C(C)(C)C(=O)Nc1cccc(Cl)c1. The van der Waals surface area contributed by atoms with Gasteiger partial charge in [0.15, 0.2) is 0 Å². The van der Waals surface area contributed by atoms with Crippen molar-refractivity contribution >= 4 is 23.2 Å². The van der Waals surface area contributed by atoms with Gasteiger partial charge in [0.25, 0.3) is 0 Å². The molecule has 1 amide bonds. The molecule has 0 radical (unpaired) electrons. The highest BCUT2D eigenvalue weighted by atomic mass is 35.5. The topological polar surface area (TPSA) is 55.1 Å². The van der Waals surface area contributed by atoms with Crippen LogP contribution in [0.4, 0.5) is 5.69 Å². The molecule has 3 N–H and O–H groups in total. The Morgan fingerprint density at radius 2 is 1.88 bits per heavy atom. The summed E-state index contributed by atoms with van der Waals surface area (Å²) < 4.78 is 0. The highest BCUT2D eigenvalue weighted by molar-refractivity contribution is 6.30. The molecule has 0 spiro atoms. The number of nitrogens with two attached hydrogens (primary N) is 1. The van der Waals surface area contributed by atoms with Crippen molar-refractivity contribution in [1.82, 2.24) is 0 Å². The minimum Gasteiger partial charge on any atom is -0.326 e. The largest absolute Gasteiger partial charge is 0.326 e. The van der Waals surface area contributed by atoms with E-state index in [0.717, 1.165) is 0 Å². The molecular formula is C13H19ClN2O. The Kier molecular flexibility index (Phi) is 3.84. The number of anilines is 1. The molecular weight excluding hydrogens is 236 g/mol. The standard InChI is InChI=1S/C13H19ClN2O/c1-12(2,13(3,4)15)11(17)16-10-7-5-6-9(14)8-10/h5-8H,15H2,1-4H3,(H,16,17). The Morgan fingerprint density at radius 1 is 1.29 bits per heavy atom. The number of halogens is 1. The van der Waals surface area contributed by atoms with Gasteiger partial charge < -0.3 is 11.1 Å². The molecule has 0 aliphatic heterocycles. The van der Waals surface area contributed by atoms with Gasteiger partial charge in [-0.3, -0.25) is 4.79 Å². The maximum absolute atomic E-state index is 12.2. The lowest BCUT2D eigenvalue weighted by molar-refractivity contribution is -0.126. The molecule has 0 aliphatic rings. The molecule has 0 atom stereocenters. The molecule has 3 nitrogen and oxygen atoms in total. The Labute approximate surface area is 107 Å². The molecule has 1 aromatic carbocycles. The number of amides is 1. The summed E-state index contributed by atoms with van der Waals surface area (Å²) >= 11 is 5.86. The van der Waals surface area contributed by atoms with Crippen LogP contribution in [0.5, 0.6) is 0 Å². The van der Waals surface area contributed by atoms with E-state index in [-0.39, 0.29) is 5.91 Å². The van der Waals surface area contributed by atoms with E-state index in [0.29, 0.717) is 10.7 Å². The quantitative estimate of drug-likeness (QED) is 0.871. The second-order valence-corrected chi connectivity index (χ2v) is 5.75. The highest BCUT2D eigenvalue weighted by Crippen LogP contribution is 2.30. The van der Waals surface area contributed by atoms with Crippen LogP contribution in [0.25, 0.3) is 0 Å². The minimum absolute atomic E-state index is 0.118. The first-order valence-electron chi connectivity index (χ1n) is 5.50. The molecule has 1 rings (SSSR count). The van der Waals surface area contributed by atoms with E-state index in [2.05, 4.69) is 5.32 Å². The van der Waals surface area contributed by atoms with E-state index >= 15 is 0 Å². The lowest BCUT2D eigenvalue weighted by Gasteiger charge is -2.36. The second kappa shape index (κ2) is 4.67. The first kappa shape index (κ1) is 14.0. The fourth-order valence-electron chi connectivity index (χ4n) is 1.15. The first-order chi connectivity index (χ1) is 7.64. The van der Waals surface area contributed by atoms with Gasteiger partial charge in [0.2, 0.25) is 5.91 Å². The van der Waals surface area contributed by atoms with Crippen molar-refractivity contribution in [3.63, 3.8) is 0 Å². The smallest absolute Gasteiger partial charge is 0.231 e. The molecule has 0 heterocycles. The third-order valence-electron chi connectivity index (χ3n) is 3.26. The van der Waals surface area contributed by atoms with Crippen molar-refractivity contribution in [3.05, 3.63) is 29.3 Å². The van der Waals surface area contributed by atoms with Crippen LogP contribution >= 0.6 is 11.6 Å². The summed E-state index contributed by atoms with van der Waals surface area (Å²) in [7, 11) is 0. The number of carbonyl (C=O) groups excluding carboxylic acids is 1. The minimum atomic E-state index is -0.671.